The van der Waals surface area contributed by atoms with Crippen LogP contribution in [0.25, 0.3) is 10.8 Å². The number of anilines is 2. The van der Waals surface area contributed by atoms with E-state index in [1.165, 1.54) is 11.1 Å². The minimum Gasteiger partial charge on any atom is -0.488 e. The summed E-state index contributed by atoms with van der Waals surface area (Å²) in [6.07, 6.45) is 1.03. The van der Waals surface area contributed by atoms with Crippen molar-refractivity contribution >= 4 is 22.3 Å². The number of rotatable bonds is 5. The number of nitrogen functional groups attached to an aromatic ring is 1. The first-order chi connectivity index (χ1) is 13.9. The monoisotopic (exact) mass is 392 g/mol. The summed E-state index contributed by atoms with van der Waals surface area (Å²) in [7, 11) is 0. The summed E-state index contributed by atoms with van der Waals surface area (Å²) >= 11 is 0. The zero-order valence-corrected chi connectivity index (χ0v) is 17.5. The first kappa shape index (κ1) is 19.5. The van der Waals surface area contributed by atoms with Crippen molar-refractivity contribution in [3.8, 4) is 5.75 Å². The molecule has 1 aliphatic rings. The lowest BCUT2D eigenvalue weighted by atomic mass is 9.97. The van der Waals surface area contributed by atoms with Gasteiger partial charge in [0, 0.05) is 22.9 Å². The van der Waals surface area contributed by atoms with Crippen molar-refractivity contribution in [1.29, 1.82) is 0 Å². The maximum absolute atomic E-state index is 6.10. The van der Waals surface area contributed by atoms with Gasteiger partial charge in [-0.05, 0) is 74.7 Å². The number of nitrogens with zero attached hydrogens (tertiary/aromatic N) is 2. The van der Waals surface area contributed by atoms with E-state index in [0.29, 0.717) is 6.61 Å². The Hall–Kier alpha value is -2.86. The Morgan fingerprint density at radius 3 is 2.72 bits per heavy atom. The van der Waals surface area contributed by atoms with Gasteiger partial charge < -0.3 is 20.5 Å². The fourth-order valence-electron chi connectivity index (χ4n) is 3.89. The minimum absolute atomic E-state index is 0.0326. The number of hydrogen-bond donors (Lipinski definition) is 2. The molecule has 0 spiro atoms. The summed E-state index contributed by atoms with van der Waals surface area (Å²) in [6, 6.07) is 10.2. The lowest BCUT2D eigenvalue weighted by Crippen LogP contribution is -2.15. The number of aromatic nitrogens is 2. The average Bonchev–Trinajstić information content (AvgIpc) is 3.20. The number of aryl methyl sites for hydroxylation is 2. The molecular formula is C23H28N4O2. The van der Waals surface area contributed by atoms with Crippen LogP contribution in [-0.4, -0.2) is 29.5 Å². The van der Waals surface area contributed by atoms with Crippen molar-refractivity contribution in [3.63, 3.8) is 0 Å². The molecular weight excluding hydrogens is 364 g/mol. The summed E-state index contributed by atoms with van der Waals surface area (Å²) in [5, 5.41) is 14.4. The van der Waals surface area contributed by atoms with Gasteiger partial charge in [-0.3, -0.25) is 0 Å². The standard InChI is InChI=1S/C23H28N4O2/c1-13-9-17(24)10-21(14(13)2)15(3)25-23-22-11-18(29-19-7-8-28-12-19)5-6-20(22)16(4)26-27-23/h5-6,9-11,15,19H,7-8,12,24H2,1-4H3,(H,25,27)/t15-,19+/m1/s1. The number of nitrogens with one attached hydrogen (secondary N) is 1. The first-order valence-corrected chi connectivity index (χ1v) is 10.1. The van der Waals surface area contributed by atoms with E-state index in [9.17, 15) is 0 Å². The third-order valence-corrected chi connectivity index (χ3v) is 5.68. The fraction of sp³-hybridized carbons (Fsp3) is 0.391. The summed E-state index contributed by atoms with van der Waals surface area (Å²) in [6.45, 7) is 9.69. The molecule has 1 aliphatic heterocycles. The normalized spacial score (nSPS) is 17.4. The number of hydrogen-bond acceptors (Lipinski definition) is 6. The van der Waals surface area contributed by atoms with Crippen LogP contribution in [0.5, 0.6) is 5.75 Å². The van der Waals surface area contributed by atoms with Crippen LogP contribution >= 0.6 is 0 Å². The van der Waals surface area contributed by atoms with Crippen molar-refractivity contribution in [1.82, 2.24) is 10.2 Å². The van der Waals surface area contributed by atoms with Crippen LogP contribution in [0.1, 0.15) is 41.8 Å². The van der Waals surface area contributed by atoms with Crippen LogP contribution in [-0.2, 0) is 4.74 Å². The van der Waals surface area contributed by atoms with Gasteiger partial charge in [0.2, 0.25) is 0 Å². The molecule has 3 N–H and O–H groups in total. The Labute approximate surface area is 171 Å². The maximum Gasteiger partial charge on any atom is 0.157 e. The van der Waals surface area contributed by atoms with E-state index in [-0.39, 0.29) is 12.1 Å². The molecule has 2 aromatic carbocycles. The Balaban J connectivity index is 1.68. The molecule has 6 heteroatoms. The largest absolute Gasteiger partial charge is 0.488 e. The van der Waals surface area contributed by atoms with Crippen molar-refractivity contribution in [2.24, 2.45) is 0 Å². The van der Waals surface area contributed by atoms with E-state index >= 15 is 0 Å². The Morgan fingerprint density at radius 1 is 1.14 bits per heavy atom. The van der Waals surface area contributed by atoms with Gasteiger partial charge in [0.25, 0.3) is 0 Å². The SMILES string of the molecule is Cc1cc(N)cc([C@@H](C)Nc2nnc(C)c3ccc(O[C@H]4CCOC4)cc23)c1C. The van der Waals surface area contributed by atoms with E-state index in [1.807, 2.05) is 31.2 Å². The van der Waals surface area contributed by atoms with Crippen LogP contribution < -0.4 is 15.8 Å². The highest BCUT2D eigenvalue weighted by Crippen LogP contribution is 2.32. The van der Waals surface area contributed by atoms with Gasteiger partial charge in [0.05, 0.1) is 24.9 Å². The zero-order chi connectivity index (χ0) is 20.5. The second kappa shape index (κ2) is 7.87. The summed E-state index contributed by atoms with van der Waals surface area (Å²) in [5.41, 5.74) is 11.3. The van der Waals surface area contributed by atoms with Crippen molar-refractivity contribution in [3.05, 3.63) is 52.7 Å². The Kier molecular flexibility index (Phi) is 5.28. The second-order valence-corrected chi connectivity index (χ2v) is 7.86. The smallest absolute Gasteiger partial charge is 0.157 e. The zero-order valence-electron chi connectivity index (χ0n) is 17.5. The van der Waals surface area contributed by atoms with Gasteiger partial charge >= 0.3 is 0 Å². The van der Waals surface area contributed by atoms with E-state index in [1.54, 1.807) is 0 Å². The van der Waals surface area contributed by atoms with Crippen LogP contribution in [0.3, 0.4) is 0 Å². The van der Waals surface area contributed by atoms with Gasteiger partial charge in [-0.1, -0.05) is 0 Å². The van der Waals surface area contributed by atoms with Crippen molar-refractivity contribution < 1.29 is 9.47 Å². The van der Waals surface area contributed by atoms with E-state index in [4.69, 9.17) is 15.2 Å². The molecule has 0 amide bonds. The van der Waals surface area contributed by atoms with E-state index in [0.717, 1.165) is 52.3 Å². The number of ether oxygens (including phenoxy) is 2. The molecule has 29 heavy (non-hydrogen) atoms. The first-order valence-electron chi connectivity index (χ1n) is 10.1. The van der Waals surface area contributed by atoms with Crippen LogP contribution in [0.15, 0.2) is 30.3 Å². The van der Waals surface area contributed by atoms with Crippen LogP contribution in [0.2, 0.25) is 0 Å². The molecule has 3 aromatic rings. The molecule has 0 saturated carbocycles. The summed E-state index contributed by atoms with van der Waals surface area (Å²) < 4.78 is 11.5. The molecule has 0 radical (unpaired) electrons. The predicted octanol–water partition coefficient (Wildman–Crippen LogP) is 4.48. The lowest BCUT2D eigenvalue weighted by Gasteiger charge is -2.20. The molecule has 1 aromatic heterocycles. The maximum atomic E-state index is 6.10. The highest BCUT2D eigenvalue weighted by atomic mass is 16.5. The van der Waals surface area contributed by atoms with Gasteiger partial charge in [-0.15, -0.1) is 5.10 Å². The molecule has 0 bridgehead atoms. The third-order valence-electron chi connectivity index (χ3n) is 5.68. The van der Waals surface area contributed by atoms with Gasteiger partial charge in [-0.25, -0.2) is 0 Å². The molecule has 0 unspecified atom stereocenters. The molecule has 4 rings (SSSR count). The quantitative estimate of drug-likeness (QED) is 0.623. The Morgan fingerprint density at radius 2 is 1.97 bits per heavy atom. The topological polar surface area (TPSA) is 82.3 Å². The van der Waals surface area contributed by atoms with Gasteiger partial charge in [-0.2, -0.15) is 5.10 Å². The van der Waals surface area contributed by atoms with Gasteiger partial charge in [0.1, 0.15) is 11.9 Å². The molecule has 1 saturated heterocycles. The fourth-order valence-corrected chi connectivity index (χ4v) is 3.89. The number of fused-ring (bicyclic) bond motifs is 1. The predicted molar refractivity (Wildman–Crippen MR) is 116 cm³/mol. The Bertz CT molecular complexity index is 1040. The van der Waals surface area contributed by atoms with Crippen molar-refractivity contribution in [2.75, 3.05) is 24.3 Å². The van der Waals surface area contributed by atoms with Crippen LogP contribution in [0, 0.1) is 20.8 Å². The minimum atomic E-state index is 0.0326. The number of benzene rings is 2. The number of nitrogens with two attached hydrogens (primary N) is 1. The van der Waals surface area contributed by atoms with Crippen LogP contribution in [0.4, 0.5) is 11.5 Å². The van der Waals surface area contributed by atoms with E-state index < -0.39 is 0 Å². The summed E-state index contributed by atoms with van der Waals surface area (Å²) in [5.74, 6) is 1.57. The van der Waals surface area contributed by atoms with E-state index in [2.05, 4.69) is 42.4 Å². The van der Waals surface area contributed by atoms with Crippen molar-refractivity contribution in [2.45, 2.75) is 46.3 Å². The highest BCUT2D eigenvalue weighted by molar-refractivity contribution is 5.94. The molecule has 2 atom stereocenters. The summed E-state index contributed by atoms with van der Waals surface area (Å²) in [4.78, 5) is 0. The molecule has 2 heterocycles. The average molecular weight is 393 g/mol. The molecule has 1 fully saturated rings. The third kappa shape index (κ3) is 3.98. The molecule has 152 valence electrons. The second-order valence-electron chi connectivity index (χ2n) is 7.86. The van der Waals surface area contributed by atoms with Gasteiger partial charge in [0.15, 0.2) is 5.82 Å². The highest BCUT2D eigenvalue weighted by Gasteiger charge is 2.19. The molecule has 6 nitrogen and oxygen atoms in total. The molecule has 0 aliphatic carbocycles. The lowest BCUT2D eigenvalue weighted by molar-refractivity contribution is 0.141.